The Morgan fingerprint density at radius 3 is 2.52 bits per heavy atom. The van der Waals surface area contributed by atoms with Crippen LogP contribution in [0, 0.1) is 24.2 Å². The highest BCUT2D eigenvalue weighted by Crippen LogP contribution is 2.64. The number of hydrogen-bond donors (Lipinski definition) is 0. The summed E-state index contributed by atoms with van der Waals surface area (Å²) in [6.07, 6.45) is 0. The van der Waals surface area contributed by atoms with Crippen molar-refractivity contribution in [2.45, 2.75) is 33.4 Å². The number of pyridine rings is 1. The SMILES string of the molecule is CCOC(=O)C(C#N)C(c1cc2ccc(C)cc2n2nnnc12)P(=O)(OCC)OCC. The number of tetrazole rings is 1. The minimum atomic E-state index is -4.00. The van der Waals surface area contributed by atoms with Gasteiger partial charge in [0.25, 0.3) is 0 Å². The van der Waals surface area contributed by atoms with Crippen molar-refractivity contribution in [1.29, 1.82) is 5.26 Å². The number of esters is 1. The first kappa shape index (κ1) is 22.8. The lowest BCUT2D eigenvalue weighted by molar-refractivity contribution is -0.146. The van der Waals surface area contributed by atoms with Crippen molar-refractivity contribution < 1.29 is 23.1 Å². The lowest BCUT2D eigenvalue weighted by Crippen LogP contribution is -2.25. The molecule has 0 aliphatic carbocycles. The zero-order valence-corrected chi connectivity index (χ0v) is 18.7. The van der Waals surface area contributed by atoms with Gasteiger partial charge >= 0.3 is 13.6 Å². The first-order valence-electron chi connectivity index (χ1n) is 9.96. The van der Waals surface area contributed by atoms with Crippen LogP contribution in [0.25, 0.3) is 16.6 Å². The molecule has 10 nitrogen and oxygen atoms in total. The molecule has 31 heavy (non-hydrogen) atoms. The summed E-state index contributed by atoms with van der Waals surface area (Å²) in [6, 6.07) is 9.35. The van der Waals surface area contributed by atoms with Crippen molar-refractivity contribution in [2.75, 3.05) is 19.8 Å². The van der Waals surface area contributed by atoms with E-state index < -0.39 is 25.1 Å². The third kappa shape index (κ3) is 4.30. The van der Waals surface area contributed by atoms with Crippen LogP contribution in [0.4, 0.5) is 0 Å². The summed E-state index contributed by atoms with van der Waals surface area (Å²) in [6.45, 7) is 7.07. The van der Waals surface area contributed by atoms with Crippen molar-refractivity contribution in [2.24, 2.45) is 5.92 Å². The van der Waals surface area contributed by atoms with Crippen LogP contribution in [0.5, 0.6) is 0 Å². The van der Waals surface area contributed by atoms with Gasteiger partial charge < -0.3 is 13.8 Å². The Bertz CT molecular complexity index is 1180. The quantitative estimate of drug-likeness (QED) is 0.358. The van der Waals surface area contributed by atoms with Gasteiger partial charge in [0, 0.05) is 10.9 Å². The zero-order chi connectivity index (χ0) is 22.6. The predicted molar refractivity (Wildman–Crippen MR) is 112 cm³/mol. The van der Waals surface area contributed by atoms with E-state index in [-0.39, 0.29) is 25.5 Å². The number of fused-ring (bicyclic) bond motifs is 3. The number of aromatic nitrogens is 4. The zero-order valence-electron chi connectivity index (χ0n) is 17.8. The fraction of sp³-hybridized carbons (Fsp3) is 0.450. The van der Waals surface area contributed by atoms with E-state index in [1.54, 1.807) is 26.8 Å². The van der Waals surface area contributed by atoms with E-state index in [4.69, 9.17) is 13.8 Å². The monoisotopic (exact) mass is 445 g/mol. The Hall–Kier alpha value is -2.86. The Morgan fingerprint density at radius 2 is 1.90 bits per heavy atom. The Morgan fingerprint density at radius 1 is 1.19 bits per heavy atom. The number of nitriles is 1. The van der Waals surface area contributed by atoms with Crippen LogP contribution < -0.4 is 0 Å². The fourth-order valence-corrected chi connectivity index (χ4v) is 5.71. The number of benzene rings is 1. The van der Waals surface area contributed by atoms with Gasteiger partial charge in [-0.05, 0) is 55.8 Å². The second-order valence-corrected chi connectivity index (χ2v) is 8.91. The smallest absolute Gasteiger partial charge is 0.340 e. The van der Waals surface area contributed by atoms with E-state index in [0.29, 0.717) is 5.56 Å². The summed E-state index contributed by atoms with van der Waals surface area (Å²) < 4.78 is 31.6. The van der Waals surface area contributed by atoms with Gasteiger partial charge in [0.2, 0.25) is 0 Å². The van der Waals surface area contributed by atoms with Gasteiger partial charge in [0.05, 0.1) is 31.4 Å². The Balaban J connectivity index is 2.35. The molecule has 0 bridgehead atoms. The highest BCUT2D eigenvalue weighted by Gasteiger charge is 2.48. The van der Waals surface area contributed by atoms with E-state index in [0.717, 1.165) is 16.5 Å². The normalized spacial score (nSPS) is 13.8. The van der Waals surface area contributed by atoms with Crippen molar-refractivity contribution in [1.82, 2.24) is 20.0 Å². The molecule has 11 heteroatoms. The third-order valence-corrected chi connectivity index (χ3v) is 7.22. The number of carbonyl (C=O) groups excluding carboxylic acids is 1. The molecule has 0 saturated carbocycles. The van der Waals surface area contributed by atoms with Gasteiger partial charge in [0.15, 0.2) is 11.6 Å². The molecule has 0 aliphatic heterocycles. The topological polar surface area (TPSA) is 129 Å². The van der Waals surface area contributed by atoms with E-state index >= 15 is 0 Å². The van der Waals surface area contributed by atoms with Gasteiger partial charge in [0.1, 0.15) is 5.66 Å². The van der Waals surface area contributed by atoms with Crippen molar-refractivity contribution in [3.8, 4) is 6.07 Å². The van der Waals surface area contributed by atoms with Gasteiger partial charge in [-0.2, -0.15) is 9.78 Å². The molecule has 2 aromatic heterocycles. The molecule has 1 aromatic carbocycles. The van der Waals surface area contributed by atoms with E-state index in [1.165, 1.54) is 4.52 Å². The second kappa shape index (κ2) is 9.52. The fourth-order valence-electron chi connectivity index (χ4n) is 3.51. The lowest BCUT2D eigenvalue weighted by atomic mass is 9.99. The molecule has 0 radical (unpaired) electrons. The standard InChI is InChI=1S/C20H24N5O5P/c1-5-28-20(26)16(12-21)18(31(27,29-6-2)30-7-3)15-11-14-9-8-13(4)10-17(14)25-19(15)22-23-24-25/h8-11,16,18H,5-7H2,1-4H3. The van der Waals surface area contributed by atoms with E-state index in [9.17, 15) is 14.6 Å². The van der Waals surface area contributed by atoms with Crippen LogP contribution in [0.3, 0.4) is 0 Å². The average Bonchev–Trinajstić information content (AvgIpc) is 3.22. The molecule has 3 rings (SSSR count). The minimum Gasteiger partial charge on any atom is -0.465 e. The maximum absolute atomic E-state index is 13.9. The third-order valence-electron chi connectivity index (χ3n) is 4.73. The number of aryl methyl sites for hydroxylation is 1. The molecule has 0 spiro atoms. The molecular weight excluding hydrogens is 421 g/mol. The summed E-state index contributed by atoms with van der Waals surface area (Å²) in [7, 11) is -4.00. The average molecular weight is 445 g/mol. The molecule has 0 saturated heterocycles. The van der Waals surface area contributed by atoms with Crippen LogP contribution in [-0.4, -0.2) is 45.8 Å². The summed E-state index contributed by atoms with van der Waals surface area (Å²) >= 11 is 0. The van der Waals surface area contributed by atoms with E-state index in [1.807, 2.05) is 31.2 Å². The lowest BCUT2D eigenvalue weighted by Gasteiger charge is -2.29. The minimum absolute atomic E-state index is 0.0583. The van der Waals surface area contributed by atoms with Crippen LogP contribution >= 0.6 is 7.60 Å². The molecule has 3 aromatic rings. The van der Waals surface area contributed by atoms with Gasteiger partial charge in [-0.25, -0.2) is 0 Å². The van der Waals surface area contributed by atoms with Crippen molar-refractivity contribution in [3.05, 3.63) is 35.4 Å². The van der Waals surface area contributed by atoms with Crippen molar-refractivity contribution in [3.63, 3.8) is 0 Å². The van der Waals surface area contributed by atoms with Gasteiger partial charge in [-0.3, -0.25) is 9.36 Å². The summed E-state index contributed by atoms with van der Waals surface area (Å²) in [4.78, 5) is 12.7. The number of ether oxygens (including phenoxy) is 1. The summed E-state index contributed by atoms with van der Waals surface area (Å²) in [5.41, 5.74) is 1.02. The largest absolute Gasteiger partial charge is 0.465 e. The molecule has 2 heterocycles. The molecule has 0 amide bonds. The highest BCUT2D eigenvalue weighted by molar-refractivity contribution is 7.54. The van der Waals surface area contributed by atoms with E-state index in [2.05, 4.69) is 15.5 Å². The second-order valence-electron chi connectivity index (χ2n) is 6.76. The summed E-state index contributed by atoms with van der Waals surface area (Å²) in [5.74, 6) is -2.27. The molecule has 164 valence electrons. The Labute approximate surface area is 179 Å². The molecular formula is C20H24N5O5P. The Kier molecular flexibility index (Phi) is 7.01. The first-order chi connectivity index (χ1) is 14.9. The molecule has 0 fully saturated rings. The van der Waals surface area contributed by atoms with Crippen LogP contribution in [0.2, 0.25) is 0 Å². The van der Waals surface area contributed by atoms with Crippen molar-refractivity contribution >= 4 is 30.1 Å². The number of hydrogen-bond acceptors (Lipinski definition) is 9. The number of nitrogens with zero attached hydrogens (tertiary/aromatic N) is 5. The van der Waals surface area contributed by atoms with Gasteiger partial charge in [-0.15, -0.1) is 5.10 Å². The van der Waals surface area contributed by atoms with Crippen LogP contribution in [0.1, 0.15) is 37.6 Å². The van der Waals surface area contributed by atoms with Crippen LogP contribution in [0.15, 0.2) is 24.3 Å². The predicted octanol–water partition coefficient (Wildman–Crippen LogP) is 3.60. The molecule has 2 unspecified atom stereocenters. The maximum atomic E-state index is 13.9. The van der Waals surface area contributed by atoms with Gasteiger partial charge in [-0.1, -0.05) is 12.1 Å². The molecule has 0 aliphatic rings. The first-order valence-corrected chi connectivity index (χ1v) is 11.6. The highest BCUT2D eigenvalue weighted by atomic mass is 31.2. The molecule has 2 atom stereocenters. The maximum Gasteiger partial charge on any atom is 0.340 e. The number of carbonyl (C=O) groups is 1. The van der Waals surface area contributed by atoms with Crippen LogP contribution in [-0.2, 0) is 23.1 Å². The molecule has 0 N–H and O–H groups in total. The summed E-state index contributed by atoms with van der Waals surface area (Å²) in [5, 5.41) is 22.5. The number of rotatable bonds is 9.